The van der Waals surface area contributed by atoms with E-state index in [0.29, 0.717) is 5.56 Å². The maximum atomic E-state index is 12.9. The number of pyridine rings is 1. The zero-order chi connectivity index (χ0) is 19.8. The largest absolute Gasteiger partial charge is 0.497 e. The summed E-state index contributed by atoms with van der Waals surface area (Å²) in [7, 11) is 1.66. The van der Waals surface area contributed by atoms with Crippen LogP contribution in [0.3, 0.4) is 0 Å². The number of hydrogen-bond acceptors (Lipinski definition) is 4. The summed E-state index contributed by atoms with van der Waals surface area (Å²) in [6.07, 6.45) is 1.75. The zero-order valence-electron chi connectivity index (χ0n) is 16.7. The average molecular weight is 366 g/mol. The van der Waals surface area contributed by atoms with Crippen LogP contribution in [-0.4, -0.2) is 28.2 Å². The van der Waals surface area contributed by atoms with Crippen molar-refractivity contribution in [1.29, 1.82) is 0 Å². The molecule has 5 heteroatoms. The third kappa shape index (κ3) is 3.68. The molecule has 0 aliphatic rings. The molecule has 1 unspecified atom stereocenters. The lowest BCUT2D eigenvalue weighted by atomic mass is 10.1. The molecule has 1 aromatic carbocycles. The fourth-order valence-corrected chi connectivity index (χ4v) is 3.37. The van der Waals surface area contributed by atoms with E-state index in [9.17, 15) is 4.79 Å². The zero-order valence-corrected chi connectivity index (χ0v) is 16.7. The third-order valence-corrected chi connectivity index (χ3v) is 4.57. The van der Waals surface area contributed by atoms with Gasteiger partial charge in [0, 0.05) is 17.3 Å². The number of carbonyl (C=O) groups excluding carboxylic acids is 1. The lowest BCUT2D eigenvalue weighted by molar-refractivity contribution is 0.00707. The molecule has 0 aliphatic carbocycles. The van der Waals surface area contributed by atoms with Gasteiger partial charge in [-0.2, -0.15) is 0 Å². The van der Waals surface area contributed by atoms with Gasteiger partial charge in [-0.15, -0.1) is 0 Å². The van der Waals surface area contributed by atoms with E-state index in [-0.39, 0.29) is 12.0 Å². The van der Waals surface area contributed by atoms with Crippen molar-refractivity contribution in [2.45, 2.75) is 46.3 Å². The van der Waals surface area contributed by atoms with Gasteiger partial charge < -0.3 is 14.0 Å². The van der Waals surface area contributed by atoms with E-state index in [4.69, 9.17) is 9.47 Å². The highest BCUT2D eigenvalue weighted by Crippen LogP contribution is 2.32. The Balaban J connectivity index is 2.16. The monoisotopic (exact) mass is 366 g/mol. The lowest BCUT2D eigenvalue weighted by Gasteiger charge is -2.20. The molecule has 0 amide bonds. The topological polar surface area (TPSA) is 53.4 Å². The second-order valence-electron chi connectivity index (χ2n) is 7.66. The molecule has 27 heavy (non-hydrogen) atoms. The normalized spacial score (nSPS) is 12.8. The van der Waals surface area contributed by atoms with Gasteiger partial charge in [-0.3, -0.25) is 0 Å². The Bertz CT molecular complexity index is 983. The van der Waals surface area contributed by atoms with E-state index in [1.807, 2.05) is 58.0 Å². The summed E-state index contributed by atoms with van der Waals surface area (Å²) in [4.78, 5) is 17.4. The first-order valence-electron chi connectivity index (χ1n) is 9.05. The van der Waals surface area contributed by atoms with E-state index in [0.717, 1.165) is 28.0 Å². The standard InChI is InChI=1S/C22H26N2O3/c1-14(16-9-7-10-17(13-16)26-6)24-15(2)19(21(25)27-22(3,4)5)18-11-8-12-23-20(18)24/h7-14H,1-6H3. The Morgan fingerprint density at radius 3 is 2.59 bits per heavy atom. The van der Waals surface area contributed by atoms with Crippen LogP contribution >= 0.6 is 0 Å². The summed E-state index contributed by atoms with van der Waals surface area (Å²) in [6.45, 7) is 9.65. The van der Waals surface area contributed by atoms with Crippen LogP contribution in [0.25, 0.3) is 11.0 Å². The minimum absolute atomic E-state index is 0.0197. The number of ether oxygens (including phenoxy) is 2. The number of esters is 1. The van der Waals surface area contributed by atoms with E-state index in [1.165, 1.54) is 0 Å². The predicted molar refractivity (Wildman–Crippen MR) is 106 cm³/mol. The molecule has 2 heterocycles. The first-order chi connectivity index (χ1) is 12.7. The molecular weight excluding hydrogens is 340 g/mol. The molecule has 0 fully saturated rings. The van der Waals surface area contributed by atoms with E-state index in [1.54, 1.807) is 13.3 Å². The molecule has 0 saturated heterocycles. The minimum atomic E-state index is -0.557. The van der Waals surface area contributed by atoms with E-state index < -0.39 is 5.60 Å². The van der Waals surface area contributed by atoms with Crippen LogP contribution in [0.1, 0.15) is 55.4 Å². The molecule has 3 aromatic rings. The van der Waals surface area contributed by atoms with Gasteiger partial charge in [0.25, 0.3) is 0 Å². The van der Waals surface area contributed by atoms with Crippen molar-refractivity contribution in [1.82, 2.24) is 9.55 Å². The van der Waals surface area contributed by atoms with Crippen molar-refractivity contribution in [3.05, 3.63) is 59.4 Å². The summed E-state index contributed by atoms with van der Waals surface area (Å²) in [6, 6.07) is 11.7. The fourth-order valence-electron chi connectivity index (χ4n) is 3.37. The first kappa shape index (κ1) is 19.0. The molecule has 1 atom stereocenters. The van der Waals surface area contributed by atoms with Crippen LogP contribution in [0.4, 0.5) is 0 Å². The first-order valence-corrected chi connectivity index (χ1v) is 9.05. The SMILES string of the molecule is COc1cccc(C(C)n2c(C)c(C(=O)OC(C)(C)C)c3cccnc32)c1. The van der Waals surface area contributed by atoms with Crippen molar-refractivity contribution < 1.29 is 14.3 Å². The van der Waals surface area contributed by atoms with Gasteiger partial charge in [0.2, 0.25) is 0 Å². The molecule has 142 valence electrons. The highest BCUT2D eigenvalue weighted by atomic mass is 16.6. The van der Waals surface area contributed by atoms with Crippen LogP contribution in [0.5, 0.6) is 5.75 Å². The van der Waals surface area contributed by atoms with Gasteiger partial charge in [-0.25, -0.2) is 9.78 Å². The van der Waals surface area contributed by atoms with Gasteiger partial charge in [0.1, 0.15) is 17.0 Å². The Kier molecular flexibility index (Phi) is 4.96. The molecule has 2 aromatic heterocycles. The quantitative estimate of drug-likeness (QED) is 0.615. The van der Waals surface area contributed by atoms with Crippen molar-refractivity contribution in [2.75, 3.05) is 7.11 Å². The maximum Gasteiger partial charge on any atom is 0.341 e. The van der Waals surface area contributed by atoms with Crippen molar-refractivity contribution in [3.8, 4) is 5.75 Å². The molecule has 0 bridgehead atoms. The summed E-state index contributed by atoms with van der Waals surface area (Å²) in [5.41, 5.74) is 2.71. The van der Waals surface area contributed by atoms with Crippen molar-refractivity contribution >= 4 is 17.0 Å². The number of methoxy groups -OCH3 is 1. The molecular formula is C22H26N2O3. The molecule has 0 radical (unpaired) electrons. The van der Waals surface area contributed by atoms with E-state index in [2.05, 4.69) is 22.5 Å². The number of aromatic nitrogens is 2. The van der Waals surface area contributed by atoms with Crippen LogP contribution in [0.2, 0.25) is 0 Å². The Morgan fingerprint density at radius 2 is 1.93 bits per heavy atom. The number of nitrogens with zero attached hydrogens (tertiary/aromatic N) is 2. The summed E-state index contributed by atoms with van der Waals surface area (Å²) in [5, 5.41) is 0.805. The third-order valence-electron chi connectivity index (χ3n) is 4.57. The van der Waals surface area contributed by atoms with Gasteiger partial charge in [0.05, 0.1) is 18.7 Å². The summed E-state index contributed by atoms with van der Waals surface area (Å²) < 4.78 is 13.1. The van der Waals surface area contributed by atoms with Crippen LogP contribution in [0.15, 0.2) is 42.6 Å². The number of carbonyl (C=O) groups is 1. The number of benzene rings is 1. The Hall–Kier alpha value is -2.82. The van der Waals surface area contributed by atoms with Crippen molar-refractivity contribution in [2.24, 2.45) is 0 Å². The van der Waals surface area contributed by atoms with Crippen molar-refractivity contribution in [3.63, 3.8) is 0 Å². The van der Waals surface area contributed by atoms with E-state index >= 15 is 0 Å². The Labute approximate surface area is 159 Å². The summed E-state index contributed by atoms with van der Waals surface area (Å²) in [5.74, 6) is 0.475. The Morgan fingerprint density at radius 1 is 1.19 bits per heavy atom. The van der Waals surface area contributed by atoms with Gasteiger partial charge >= 0.3 is 5.97 Å². The molecule has 0 saturated carbocycles. The van der Waals surface area contributed by atoms with Crippen LogP contribution in [0, 0.1) is 6.92 Å². The van der Waals surface area contributed by atoms with Crippen LogP contribution in [-0.2, 0) is 4.74 Å². The highest BCUT2D eigenvalue weighted by molar-refractivity contribution is 6.05. The maximum absolute atomic E-state index is 12.9. The fraction of sp³-hybridized carbons (Fsp3) is 0.364. The predicted octanol–water partition coefficient (Wildman–Crippen LogP) is 4.92. The molecule has 3 rings (SSSR count). The molecule has 5 nitrogen and oxygen atoms in total. The van der Waals surface area contributed by atoms with Crippen LogP contribution < -0.4 is 4.74 Å². The second kappa shape index (κ2) is 7.06. The summed E-state index contributed by atoms with van der Waals surface area (Å²) >= 11 is 0. The number of rotatable bonds is 4. The molecule has 0 N–H and O–H groups in total. The van der Waals surface area contributed by atoms with Gasteiger partial charge in [0.15, 0.2) is 0 Å². The smallest absolute Gasteiger partial charge is 0.341 e. The molecule has 0 spiro atoms. The van der Waals surface area contributed by atoms with Gasteiger partial charge in [-0.05, 0) is 64.4 Å². The molecule has 0 aliphatic heterocycles. The minimum Gasteiger partial charge on any atom is -0.497 e. The highest BCUT2D eigenvalue weighted by Gasteiger charge is 2.27. The number of hydrogen-bond donors (Lipinski definition) is 0. The average Bonchev–Trinajstić information content (AvgIpc) is 2.91. The number of fused-ring (bicyclic) bond motifs is 1. The van der Waals surface area contributed by atoms with Gasteiger partial charge in [-0.1, -0.05) is 12.1 Å². The second-order valence-corrected chi connectivity index (χ2v) is 7.66. The lowest BCUT2D eigenvalue weighted by Crippen LogP contribution is -2.24.